The summed E-state index contributed by atoms with van der Waals surface area (Å²) >= 11 is 1.65. The molecule has 14 heavy (non-hydrogen) atoms. The number of anilines is 1. The topological polar surface area (TPSA) is 50.9 Å². The molecule has 1 heterocycles. The van der Waals surface area contributed by atoms with Gasteiger partial charge in [-0.3, -0.25) is 0 Å². The molecular formula is C10H17N3S. The van der Waals surface area contributed by atoms with Crippen molar-refractivity contribution in [2.24, 2.45) is 5.73 Å². The number of thiazole rings is 1. The first-order valence-corrected chi connectivity index (χ1v) is 6.01. The minimum Gasteiger partial charge on any atom is -0.360 e. The molecule has 3 N–H and O–H groups in total. The number of hydrogen-bond donors (Lipinski definition) is 2. The third kappa shape index (κ3) is 2.25. The monoisotopic (exact) mass is 211 g/mol. The second-order valence-corrected chi connectivity index (χ2v) is 5.08. The summed E-state index contributed by atoms with van der Waals surface area (Å²) in [6, 6.07) is 0. The van der Waals surface area contributed by atoms with Crippen molar-refractivity contribution in [1.82, 2.24) is 4.98 Å². The molecule has 0 spiro atoms. The van der Waals surface area contributed by atoms with Gasteiger partial charge in [-0.2, -0.15) is 0 Å². The average Bonchev–Trinajstić information content (AvgIpc) is 2.73. The van der Waals surface area contributed by atoms with Crippen molar-refractivity contribution in [1.29, 1.82) is 0 Å². The lowest BCUT2D eigenvalue weighted by atomic mass is 10.00. The van der Waals surface area contributed by atoms with Crippen molar-refractivity contribution in [2.45, 2.75) is 38.1 Å². The average molecular weight is 211 g/mol. The number of nitrogens with zero attached hydrogens (tertiary/aromatic N) is 1. The van der Waals surface area contributed by atoms with Gasteiger partial charge in [-0.05, 0) is 19.8 Å². The Hall–Kier alpha value is -0.610. The van der Waals surface area contributed by atoms with E-state index in [9.17, 15) is 0 Å². The molecule has 78 valence electrons. The Morgan fingerprint density at radius 2 is 2.29 bits per heavy atom. The molecule has 4 heteroatoms. The fourth-order valence-corrected chi connectivity index (χ4v) is 2.63. The van der Waals surface area contributed by atoms with Gasteiger partial charge in [0.15, 0.2) is 5.13 Å². The first-order chi connectivity index (χ1) is 6.68. The van der Waals surface area contributed by atoms with Crippen LogP contribution in [0.5, 0.6) is 0 Å². The highest BCUT2D eigenvalue weighted by molar-refractivity contribution is 7.13. The van der Waals surface area contributed by atoms with Crippen molar-refractivity contribution in [3.63, 3.8) is 0 Å². The fourth-order valence-electron chi connectivity index (χ4n) is 1.94. The Morgan fingerprint density at radius 1 is 1.57 bits per heavy atom. The molecule has 2 rings (SSSR count). The molecule has 1 saturated carbocycles. The van der Waals surface area contributed by atoms with Gasteiger partial charge in [0.25, 0.3) is 0 Å². The van der Waals surface area contributed by atoms with Crippen LogP contribution in [0.3, 0.4) is 0 Å². The molecule has 0 aromatic carbocycles. The van der Waals surface area contributed by atoms with E-state index < -0.39 is 0 Å². The maximum Gasteiger partial charge on any atom is 0.182 e. The summed E-state index contributed by atoms with van der Waals surface area (Å²) in [5.74, 6) is 0. The van der Waals surface area contributed by atoms with Crippen molar-refractivity contribution >= 4 is 16.5 Å². The lowest BCUT2D eigenvalue weighted by molar-refractivity contribution is 0.464. The fraction of sp³-hybridized carbons (Fsp3) is 0.700. The zero-order valence-electron chi connectivity index (χ0n) is 8.55. The first kappa shape index (κ1) is 9.93. The van der Waals surface area contributed by atoms with Gasteiger partial charge >= 0.3 is 0 Å². The standard InChI is InChI=1S/C10H17N3S/c1-8-6-14-9(13-8)12-7-10(11)4-2-3-5-10/h6H,2-5,7,11H2,1H3,(H,12,13). The number of hydrogen-bond acceptors (Lipinski definition) is 4. The van der Waals surface area contributed by atoms with Crippen LogP contribution in [0, 0.1) is 6.92 Å². The van der Waals surface area contributed by atoms with Crippen molar-refractivity contribution < 1.29 is 0 Å². The van der Waals surface area contributed by atoms with Gasteiger partial charge < -0.3 is 11.1 Å². The lowest BCUT2D eigenvalue weighted by Gasteiger charge is -2.23. The maximum absolute atomic E-state index is 6.23. The van der Waals surface area contributed by atoms with E-state index in [2.05, 4.69) is 15.7 Å². The molecule has 1 aliphatic carbocycles. The minimum absolute atomic E-state index is 0.0135. The number of rotatable bonds is 3. The Morgan fingerprint density at radius 3 is 2.86 bits per heavy atom. The summed E-state index contributed by atoms with van der Waals surface area (Å²) in [5.41, 5.74) is 7.32. The van der Waals surface area contributed by atoms with E-state index in [1.807, 2.05) is 6.92 Å². The predicted octanol–water partition coefficient (Wildman–Crippen LogP) is 2.13. The van der Waals surface area contributed by atoms with E-state index >= 15 is 0 Å². The van der Waals surface area contributed by atoms with Crippen LogP contribution >= 0.6 is 11.3 Å². The van der Waals surface area contributed by atoms with Crippen molar-refractivity contribution in [3.05, 3.63) is 11.1 Å². The molecule has 0 radical (unpaired) electrons. The van der Waals surface area contributed by atoms with Crippen LogP contribution in [0.4, 0.5) is 5.13 Å². The van der Waals surface area contributed by atoms with Gasteiger partial charge in [0.05, 0.1) is 5.69 Å². The van der Waals surface area contributed by atoms with Crippen molar-refractivity contribution in [2.75, 3.05) is 11.9 Å². The molecule has 0 aliphatic heterocycles. The molecule has 1 fully saturated rings. The van der Waals surface area contributed by atoms with Gasteiger partial charge in [-0.1, -0.05) is 12.8 Å². The van der Waals surface area contributed by atoms with Crippen molar-refractivity contribution in [3.8, 4) is 0 Å². The number of nitrogens with two attached hydrogens (primary N) is 1. The van der Waals surface area contributed by atoms with Crippen LogP contribution in [0.25, 0.3) is 0 Å². The Kier molecular flexibility index (Phi) is 2.74. The molecule has 1 aromatic rings. The molecule has 0 bridgehead atoms. The highest BCUT2D eigenvalue weighted by atomic mass is 32.1. The van der Waals surface area contributed by atoms with E-state index in [1.54, 1.807) is 11.3 Å². The smallest absolute Gasteiger partial charge is 0.182 e. The van der Waals surface area contributed by atoms with E-state index in [0.29, 0.717) is 0 Å². The Labute approximate surface area is 88.7 Å². The van der Waals surface area contributed by atoms with Crippen LogP contribution in [0.15, 0.2) is 5.38 Å². The van der Waals surface area contributed by atoms with Gasteiger partial charge in [-0.15, -0.1) is 11.3 Å². The van der Waals surface area contributed by atoms with Crippen LogP contribution in [-0.2, 0) is 0 Å². The maximum atomic E-state index is 6.23. The lowest BCUT2D eigenvalue weighted by Crippen LogP contribution is -2.43. The molecule has 3 nitrogen and oxygen atoms in total. The largest absolute Gasteiger partial charge is 0.360 e. The van der Waals surface area contributed by atoms with Crippen LogP contribution < -0.4 is 11.1 Å². The predicted molar refractivity (Wildman–Crippen MR) is 60.7 cm³/mol. The van der Waals surface area contributed by atoms with E-state index in [-0.39, 0.29) is 5.54 Å². The van der Waals surface area contributed by atoms with Gasteiger partial charge in [-0.25, -0.2) is 4.98 Å². The van der Waals surface area contributed by atoms with E-state index in [4.69, 9.17) is 5.73 Å². The second-order valence-electron chi connectivity index (χ2n) is 4.22. The Balaban J connectivity index is 1.87. The number of nitrogens with one attached hydrogen (secondary N) is 1. The third-order valence-corrected chi connectivity index (χ3v) is 3.73. The second kappa shape index (κ2) is 3.87. The highest BCUT2D eigenvalue weighted by Crippen LogP contribution is 2.27. The normalized spacial score (nSPS) is 19.9. The van der Waals surface area contributed by atoms with Crippen LogP contribution in [-0.4, -0.2) is 17.1 Å². The highest BCUT2D eigenvalue weighted by Gasteiger charge is 2.28. The zero-order chi connectivity index (χ0) is 10.0. The summed E-state index contributed by atoms with van der Waals surface area (Å²) in [5, 5.41) is 6.39. The van der Waals surface area contributed by atoms with E-state index in [0.717, 1.165) is 30.2 Å². The zero-order valence-corrected chi connectivity index (χ0v) is 9.36. The summed E-state index contributed by atoms with van der Waals surface area (Å²) in [4.78, 5) is 4.35. The van der Waals surface area contributed by atoms with E-state index in [1.165, 1.54) is 12.8 Å². The van der Waals surface area contributed by atoms with Crippen LogP contribution in [0.2, 0.25) is 0 Å². The summed E-state index contributed by atoms with van der Waals surface area (Å²) in [6.07, 6.45) is 4.83. The number of aromatic nitrogens is 1. The Bertz CT molecular complexity index is 302. The molecule has 1 aromatic heterocycles. The minimum atomic E-state index is 0.0135. The quantitative estimate of drug-likeness (QED) is 0.805. The van der Waals surface area contributed by atoms with Gasteiger partial charge in [0.2, 0.25) is 0 Å². The van der Waals surface area contributed by atoms with Crippen LogP contribution in [0.1, 0.15) is 31.4 Å². The molecule has 0 atom stereocenters. The van der Waals surface area contributed by atoms with Gasteiger partial charge in [0.1, 0.15) is 0 Å². The third-order valence-electron chi connectivity index (χ3n) is 2.81. The van der Waals surface area contributed by atoms with Gasteiger partial charge in [0, 0.05) is 17.5 Å². The molecule has 1 aliphatic rings. The molecular weight excluding hydrogens is 194 g/mol. The summed E-state index contributed by atoms with van der Waals surface area (Å²) < 4.78 is 0. The summed E-state index contributed by atoms with van der Waals surface area (Å²) in [7, 11) is 0. The molecule has 0 saturated heterocycles. The summed E-state index contributed by atoms with van der Waals surface area (Å²) in [6.45, 7) is 2.87. The molecule has 0 amide bonds. The number of aryl methyl sites for hydroxylation is 1. The first-order valence-electron chi connectivity index (χ1n) is 5.13. The SMILES string of the molecule is Cc1csc(NCC2(N)CCCC2)n1. The molecule has 0 unspecified atom stereocenters.